The number of fused-ring (bicyclic) bond motifs is 1. The third kappa shape index (κ3) is 4.09. The molecule has 140 valence electrons. The van der Waals surface area contributed by atoms with E-state index in [4.69, 9.17) is 13.9 Å². The quantitative estimate of drug-likeness (QED) is 0.579. The molecule has 1 aromatic heterocycles. The molecule has 1 atom stereocenters. The van der Waals surface area contributed by atoms with Crippen molar-refractivity contribution in [2.45, 2.75) is 16.2 Å². The number of aromatic nitrogens is 2. The van der Waals surface area contributed by atoms with Crippen molar-refractivity contribution in [3.63, 3.8) is 0 Å². The van der Waals surface area contributed by atoms with Crippen molar-refractivity contribution in [3.8, 4) is 11.5 Å². The molecular formula is C18H16N2O5S2. The fourth-order valence-corrected chi connectivity index (χ4v) is 4.97. The molecule has 4 rings (SSSR count). The molecule has 7 nitrogen and oxygen atoms in total. The van der Waals surface area contributed by atoms with Gasteiger partial charge in [0, 0.05) is 5.75 Å². The lowest BCUT2D eigenvalue weighted by Gasteiger charge is -2.23. The van der Waals surface area contributed by atoms with Crippen molar-refractivity contribution in [3.05, 3.63) is 60.5 Å². The van der Waals surface area contributed by atoms with Crippen molar-refractivity contribution < 1.29 is 22.3 Å². The van der Waals surface area contributed by atoms with Gasteiger partial charge < -0.3 is 13.9 Å². The van der Waals surface area contributed by atoms with Crippen LogP contribution < -0.4 is 9.47 Å². The summed E-state index contributed by atoms with van der Waals surface area (Å²) in [7, 11) is -3.33. The number of hydrogen-bond acceptors (Lipinski definition) is 8. The molecule has 2 aromatic carbocycles. The summed E-state index contributed by atoms with van der Waals surface area (Å²) < 4.78 is 41.6. The highest BCUT2D eigenvalue weighted by Gasteiger charge is 2.27. The monoisotopic (exact) mass is 404 g/mol. The maximum absolute atomic E-state index is 12.3. The van der Waals surface area contributed by atoms with Crippen LogP contribution in [0.1, 0.15) is 12.0 Å². The lowest BCUT2D eigenvalue weighted by Crippen LogP contribution is -2.21. The number of benzene rings is 2. The molecular weight excluding hydrogens is 388 g/mol. The third-order valence-electron chi connectivity index (χ3n) is 3.89. The van der Waals surface area contributed by atoms with Crippen LogP contribution in [0.15, 0.2) is 69.1 Å². The van der Waals surface area contributed by atoms with Crippen LogP contribution in [0.3, 0.4) is 0 Å². The van der Waals surface area contributed by atoms with E-state index in [9.17, 15) is 8.42 Å². The first kappa shape index (κ1) is 17.9. The van der Waals surface area contributed by atoms with Crippen LogP contribution in [0.25, 0.3) is 0 Å². The number of ether oxygens (including phenoxy) is 2. The molecule has 0 aliphatic carbocycles. The second-order valence-electron chi connectivity index (χ2n) is 5.75. The average molecular weight is 404 g/mol. The van der Waals surface area contributed by atoms with E-state index < -0.39 is 15.9 Å². The fourth-order valence-electron chi connectivity index (χ4n) is 2.53. The van der Waals surface area contributed by atoms with Gasteiger partial charge in [0.15, 0.2) is 21.3 Å². The Balaban J connectivity index is 1.35. The van der Waals surface area contributed by atoms with Gasteiger partial charge in [-0.25, -0.2) is 8.42 Å². The zero-order chi connectivity index (χ0) is 18.7. The topological polar surface area (TPSA) is 91.5 Å². The smallest absolute Gasteiger partial charge is 0.276 e. The highest BCUT2D eigenvalue weighted by molar-refractivity contribution is 8.00. The van der Waals surface area contributed by atoms with Gasteiger partial charge in [-0.1, -0.05) is 42.1 Å². The van der Waals surface area contributed by atoms with E-state index in [-0.39, 0.29) is 12.4 Å². The van der Waals surface area contributed by atoms with Crippen LogP contribution in [0.4, 0.5) is 0 Å². The molecule has 9 heteroatoms. The van der Waals surface area contributed by atoms with E-state index in [2.05, 4.69) is 10.2 Å². The Kier molecular flexibility index (Phi) is 5.04. The molecule has 0 fully saturated rings. The molecule has 0 spiro atoms. The predicted octanol–water partition coefficient (Wildman–Crippen LogP) is 3.15. The summed E-state index contributed by atoms with van der Waals surface area (Å²) in [6.07, 6.45) is -0.491. The van der Waals surface area contributed by atoms with Crippen LogP contribution in [-0.4, -0.2) is 36.7 Å². The lowest BCUT2D eigenvalue weighted by molar-refractivity contribution is 0.0686. The van der Waals surface area contributed by atoms with Crippen LogP contribution in [-0.2, 0) is 9.84 Å². The van der Waals surface area contributed by atoms with Crippen molar-refractivity contribution >= 4 is 21.6 Å². The molecule has 1 aliphatic rings. The first-order chi connectivity index (χ1) is 13.1. The summed E-state index contributed by atoms with van der Waals surface area (Å²) in [6, 6.07) is 15.7. The van der Waals surface area contributed by atoms with E-state index in [1.807, 2.05) is 24.3 Å². The van der Waals surface area contributed by atoms with E-state index in [1.165, 1.54) is 11.8 Å². The molecule has 0 saturated carbocycles. The second kappa shape index (κ2) is 7.61. The van der Waals surface area contributed by atoms with Gasteiger partial charge in [-0.3, -0.25) is 0 Å². The second-order valence-corrected chi connectivity index (χ2v) is 8.91. The number of hydrogen-bond donors (Lipinski definition) is 0. The van der Waals surface area contributed by atoms with Crippen molar-refractivity contribution in [1.29, 1.82) is 0 Å². The lowest BCUT2D eigenvalue weighted by atomic mass is 10.2. The molecule has 0 amide bonds. The molecule has 0 N–H and O–H groups in total. The Bertz CT molecular complexity index is 1020. The van der Waals surface area contributed by atoms with Crippen LogP contribution in [0, 0.1) is 0 Å². The maximum Gasteiger partial charge on any atom is 0.276 e. The van der Waals surface area contributed by atoms with Gasteiger partial charge in [-0.2, -0.15) is 0 Å². The first-order valence-corrected chi connectivity index (χ1v) is 10.9. The standard InChI is InChI=1S/C18H16N2O5S2/c21-27(22,13-6-2-1-3-7-13)11-10-26-18-20-19-17(25-18)16-12-23-14-8-4-5-9-15(14)24-16/h1-9,16H,10-12H2/t16-/m0/s1. The summed E-state index contributed by atoms with van der Waals surface area (Å²) in [5, 5.41) is 8.25. The molecule has 0 bridgehead atoms. The zero-order valence-corrected chi connectivity index (χ0v) is 15.8. The Hall–Kier alpha value is -2.52. The Labute approximate surface area is 160 Å². The number of thioether (sulfide) groups is 1. The minimum Gasteiger partial charge on any atom is -0.485 e. The minimum absolute atomic E-state index is 0.0180. The minimum atomic E-state index is -3.33. The molecule has 27 heavy (non-hydrogen) atoms. The van der Waals surface area contributed by atoms with Crippen molar-refractivity contribution in [2.24, 2.45) is 0 Å². The summed E-state index contributed by atoms with van der Waals surface area (Å²) in [4.78, 5) is 0.309. The molecule has 1 aliphatic heterocycles. The molecule has 0 unspecified atom stereocenters. The Morgan fingerprint density at radius 1 is 1.00 bits per heavy atom. The normalized spacial score (nSPS) is 16.2. The van der Waals surface area contributed by atoms with Gasteiger partial charge in [0.25, 0.3) is 11.1 Å². The Morgan fingerprint density at radius 2 is 1.74 bits per heavy atom. The average Bonchev–Trinajstić information content (AvgIpc) is 3.17. The number of nitrogens with zero attached hydrogens (tertiary/aromatic N) is 2. The SMILES string of the molecule is O=S(=O)(CCSc1nnc([C@@H]2COc3ccccc3O2)o1)c1ccccc1. The van der Waals surface area contributed by atoms with Gasteiger partial charge in [-0.15, -0.1) is 10.2 Å². The van der Waals surface area contributed by atoms with Crippen LogP contribution in [0.2, 0.25) is 0 Å². The van der Waals surface area contributed by atoms with Crippen molar-refractivity contribution in [2.75, 3.05) is 18.1 Å². The van der Waals surface area contributed by atoms with Crippen LogP contribution in [0.5, 0.6) is 11.5 Å². The van der Waals surface area contributed by atoms with Gasteiger partial charge in [-0.05, 0) is 24.3 Å². The summed E-state index contributed by atoms with van der Waals surface area (Å²) in [5.41, 5.74) is 0. The first-order valence-electron chi connectivity index (χ1n) is 8.24. The third-order valence-corrected chi connectivity index (χ3v) is 6.70. The van der Waals surface area contributed by atoms with Gasteiger partial charge in [0.05, 0.1) is 10.6 Å². The summed E-state index contributed by atoms with van der Waals surface area (Å²) in [5.74, 6) is 1.89. The Morgan fingerprint density at radius 3 is 2.56 bits per heavy atom. The highest BCUT2D eigenvalue weighted by Crippen LogP contribution is 2.35. The van der Waals surface area contributed by atoms with Crippen LogP contribution >= 0.6 is 11.8 Å². The molecule has 0 radical (unpaired) electrons. The molecule has 3 aromatic rings. The summed E-state index contributed by atoms with van der Waals surface area (Å²) >= 11 is 1.20. The van der Waals surface area contributed by atoms with Gasteiger partial charge in [0.1, 0.15) is 6.61 Å². The van der Waals surface area contributed by atoms with E-state index in [0.29, 0.717) is 33.3 Å². The number of para-hydroxylation sites is 2. The predicted molar refractivity (Wildman–Crippen MR) is 98.8 cm³/mol. The molecule has 0 saturated heterocycles. The van der Waals surface area contributed by atoms with E-state index >= 15 is 0 Å². The van der Waals surface area contributed by atoms with E-state index in [0.717, 1.165) is 0 Å². The fraction of sp³-hybridized carbons (Fsp3) is 0.222. The maximum atomic E-state index is 12.3. The summed E-state index contributed by atoms with van der Waals surface area (Å²) in [6.45, 7) is 0.270. The number of sulfone groups is 1. The van der Waals surface area contributed by atoms with Gasteiger partial charge in [0.2, 0.25) is 6.10 Å². The largest absolute Gasteiger partial charge is 0.485 e. The molecule has 2 heterocycles. The van der Waals surface area contributed by atoms with E-state index in [1.54, 1.807) is 30.3 Å². The zero-order valence-electron chi connectivity index (χ0n) is 14.1. The van der Waals surface area contributed by atoms with Gasteiger partial charge >= 0.3 is 0 Å². The van der Waals surface area contributed by atoms with Crippen molar-refractivity contribution in [1.82, 2.24) is 10.2 Å². The highest BCUT2D eigenvalue weighted by atomic mass is 32.2. The number of rotatable bonds is 6.